The van der Waals surface area contributed by atoms with Crippen LogP contribution in [0.4, 0.5) is 4.39 Å². The van der Waals surface area contributed by atoms with E-state index in [-0.39, 0.29) is 22.9 Å². The predicted molar refractivity (Wildman–Crippen MR) is 107 cm³/mol. The van der Waals surface area contributed by atoms with E-state index in [0.717, 1.165) is 39.0 Å². The number of halogens is 1. The number of nitrogens with zero attached hydrogens (tertiary/aromatic N) is 1. The standard InChI is InChI=1S/C23H25FN2O2/c1-16(27)19-7-8-21(24)20(13-19)17-3-5-18(6-4-17)22(28)26-12-2-9-23(15-26)10-11-25-14-23/h3-8,13,25H,2,9-12,14-15H2,1H3/t23-/m0/s1. The van der Waals surface area contributed by atoms with Crippen LogP contribution in [0.3, 0.4) is 0 Å². The van der Waals surface area contributed by atoms with E-state index in [1.54, 1.807) is 30.3 Å². The molecule has 0 unspecified atom stereocenters. The molecule has 1 amide bonds. The zero-order valence-electron chi connectivity index (χ0n) is 16.1. The van der Waals surface area contributed by atoms with Crippen LogP contribution >= 0.6 is 0 Å². The number of piperidine rings is 1. The second-order valence-corrected chi connectivity index (χ2v) is 8.09. The number of carbonyl (C=O) groups excluding carboxylic acids is 2. The Balaban J connectivity index is 1.54. The SMILES string of the molecule is CC(=O)c1ccc(F)c(-c2ccc(C(=O)N3CCC[C@@]4(CCNC4)C3)cc2)c1. The number of benzene rings is 2. The Bertz CT molecular complexity index is 901. The minimum absolute atomic E-state index is 0.0375. The summed E-state index contributed by atoms with van der Waals surface area (Å²) >= 11 is 0. The Hall–Kier alpha value is -2.53. The zero-order chi connectivity index (χ0) is 19.7. The molecule has 2 aromatic carbocycles. The molecule has 1 spiro atoms. The molecule has 0 aliphatic carbocycles. The van der Waals surface area contributed by atoms with Gasteiger partial charge in [-0.05, 0) is 68.6 Å². The van der Waals surface area contributed by atoms with Crippen LogP contribution in [0.5, 0.6) is 0 Å². The van der Waals surface area contributed by atoms with Gasteiger partial charge in [-0.1, -0.05) is 12.1 Å². The molecule has 0 saturated carbocycles. The fourth-order valence-corrected chi connectivity index (χ4v) is 4.47. The fourth-order valence-electron chi connectivity index (χ4n) is 4.47. The van der Waals surface area contributed by atoms with E-state index in [1.807, 2.05) is 4.90 Å². The normalized spacial score (nSPS) is 21.9. The van der Waals surface area contributed by atoms with Crippen LogP contribution in [0.1, 0.15) is 46.9 Å². The molecule has 2 saturated heterocycles. The van der Waals surface area contributed by atoms with Gasteiger partial charge >= 0.3 is 0 Å². The van der Waals surface area contributed by atoms with Crippen LogP contribution in [0.2, 0.25) is 0 Å². The molecule has 28 heavy (non-hydrogen) atoms. The van der Waals surface area contributed by atoms with Gasteiger partial charge in [0.2, 0.25) is 0 Å². The van der Waals surface area contributed by atoms with Gasteiger partial charge in [0, 0.05) is 41.7 Å². The van der Waals surface area contributed by atoms with E-state index in [2.05, 4.69) is 5.32 Å². The van der Waals surface area contributed by atoms with Crippen LogP contribution in [0.15, 0.2) is 42.5 Å². The van der Waals surface area contributed by atoms with E-state index in [4.69, 9.17) is 0 Å². The summed E-state index contributed by atoms with van der Waals surface area (Å²) in [6, 6.07) is 11.4. The Kier molecular flexibility index (Phi) is 5.02. The number of amides is 1. The Morgan fingerprint density at radius 1 is 1.07 bits per heavy atom. The van der Waals surface area contributed by atoms with Crippen molar-refractivity contribution >= 4 is 11.7 Å². The molecule has 146 valence electrons. The monoisotopic (exact) mass is 380 g/mol. The van der Waals surface area contributed by atoms with Gasteiger partial charge in [0.1, 0.15) is 5.82 Å². The molecule has 4 nitrogen and oxygen atoms in total. The summed E-state index contributed by atoms with van der Waals surface area (Å²) in [6.45, 7) is 5.07. The van der Waals surface area contributed by atoms with Gasteiger partial charge in [0.05, 0.1) is 0 Å². The smallest absolute Gasteiger partial charge is 0.253 e. The number of nitrogens with one attached hydrogen (secondary N) is 1. The molecule has 5 heteroatoms. The number of ketones is 1. The van der Waals surface area contributed by atoms with E-state index in [9.17, 15) is 14.0 Å². The summed E-state index contributed by atoms with van der Waals surface area (Å²) in [7, 11) is 0. The molecule has 4 rings (SSSR count). The van der Waals surface area contributed by atoms with Gasteiger partial charge in [0.25, 0.3) is 5.91 Å². The number of carbonyl (C=O) groups is 2. The van der Waals surface area contributed by atoms with Gasteiger partial charge in [-0.3, -0.25) is 9.59 Å². The molecule has 0 radical (unpaired) electrons. The van der Waals surface area contributed by atoms with Crippen LogP contribution in [0, 0.1) is 11.2 Å². The fraction of sp³-hybridized carbons (Fsp3) is 0.391. The molecular weight excluding hydrogens is 355 g/mol. The first kappa shape index (κ1) is 18.8. The lowest BCUT2D eigenvalue weighted by molar-refractivity contribution is 0.0553. The number of likely N-dealkylation sites (tertiary alicyclic amines) is 1. The summed E-state index contributed by atoms with van der Waals surface area (Å²) < 4.78 is 14.2. The third-order valence-electron chi connectivity index (χ3n) is 6.10. The van der Waals surface area contributed by atoms with Crippen molar-refractivity contribution < 1.29 is 14.0 Å². The second kappa shape index (κ2) is 7.47. The van der Waals surface area contributed by atoms with Crippen molar-refractivity contribution in [2.75, 3.05) is 26.2 Å². The van der Waals surface area contributed by atoms with Gasteiger partial charge in [-0.15, -0.1) is 0 Å². The largest absolute Gasteiger partial charge is 0.338 e. The zero-order valence-corrected chi connectivity index (χ0v) is 16.1. The van der Waals surface area contributed by atoms with Gasteiger partial charge in [-0.2, -0.15) is 0 Å². The first-order valence-electron chi connectivity index (χ1n) is 9.88. The molecule has 2 heterocycles. The summed E-state index contributed by atoms with van der Waals surface area (Å²) in [5.74, 6) is -0.445. The molecule has 2 fully saturated rings. The number of Topliss-reactive ketones (excluding diaryl/α,β-unsaturated/α-hetero) is 1. The predicted octanol–water partition coefficient (Wildman–Crippen LogP) is 3.91. The minimum Gasteiger partial charge on any atom is -0.338 e. The number of hydrogen-bond donors (Lipinski definition) is 1. The lowest BCUT2D eigenvalue weighted by Crippen LogP contribution is -2.47. The average molecular weight is 380 g/mol. The highest BCUT2D eigenvalue weighted by atomic mass is 19.1. The highest BCUT2D eigenvalue weighted by molar-refractivity contribution is 5.96. The van der Waals surface area contributed by atoms with Crippen molar-refractivity contribution in [3.8, 4) is 11.1 Å². The molecular formula is C23H25FN2O2. The third-order valence-corrected chi connectivity index (χ3v) is 6.10. The maximum atomic E-state index is 14.2. The van der Waals surface area contributed by atoms with Crippen LogP contribution < -0.4 is 5.32 Å². The summed E-state index contributed by atoms with van der Waals surface area (Å²) in [5.41, 5.74) is 2.35. The van der Waals surface area contributed by atoms with E-state index in [1.165, 1.54) is 25.5 Å². The molecule has 1 atom stereocenters. The highest BCUT2D eigenvalue weighted by Gasteiger charge is 2.39. The van der Waals surface area contributed by atoms with Crippen molar-refractivity contribution in [3.63, 3.8) is 0 Å². The topological polar surface area (TPSA) is 49.4 Å². The Morgan fingerprint density at radius 3 is 2.50 bits per heavy atom. The second-order valence-electron chi connectivity index (χ2n) is 8.09. The van der Waals surface area contributed by atoms with Gasteiger partial charge < -0.3 is 10.2 Å². The maximum absolute atomic E-state index is 14.2. The Morgan fingerprint density at radius 2 is 1.82 bits per heavy atom. The number of rotatable bonds is 3. The molecule has 2 aromatic rings. The maximum Gasteiger partial charge on any atom is 0.253 e. The van der Waals surface area contributed by atoms with Gasteiger partial charge in [0.15, 0.2) is 5.78 Å². The summed E-state index contributed by atoms with van der Waals surface area (Å²) in [5, 5.41) is 3.43. The highest BCUT2D eigenvalue weighted by Crippen LogP contribution is 2.36. The average Bonchev–Trinajstić information content (AvgIpc) is 3.15. The van der Waals surface area contributed by atoms with E-state index in [0.29, 0.717) is 22.3 Å². The quantitative estimate of drug-likeness (QED) is 0.822. The summed E-state index contributed by atoms with van der Waals surface area (Å²) in [4.78, 5) is 26.5. The lowest BCUT2D eigenvalue weighted by Gasteiger charge is -2.40. The number of hydrogen-bond acceptors (Lipinski definition) is 3. The van der Waals surface area contributed by atoms with Crippen LogP contribution in [0.25, 0.3) is 11.1 Å². The van der Waals surface area contributed by atoms with Crippen molar-refractivity contribution in [3.05, 3.63) is 59.4 Å². The summed E-state index contributed by atoms with van der Waals surface area (Å²) in [6.07, 6.45) is 3.34. The first-order chi connectivity index (χ1) is 13.5. The van der Waals surface area contributed by atoms with Crippen molar-refractivity contribution in [2.45, 2.75) is 26.2 Å². The first-order valence-corrected chi connectivity index (χ1v) is 9.88. The molecule has 0 aromatic heterocycles. The molecule has 2 aliphatic rings. The van der Waals surface area contributed by atoms with E-state index >= 15 is 0 Å². The third kappa shape index (κ3) is 3.59. The van der Waals surface area contributed by atoms with Crippen LogP contribution in [-0.2, 0) is 0 Å². The van der Waals surface area contributed by atoms with Crippen molar-refractivity contribution in [1.29, 1.82) is 0 Å². The van der Waals surface area contributed by atoms with Crippen molar-refractivity contribution in [2.24, 2.45) is 5.41 Å². The minimum atomic E-state index is -0.379. The van der Waals surface area contributed by atoms with E-state index < -0.39 is 0 Å². The molecule has 0 bridgehead atoms. The molecule has 2 aliphatic heterocycles. The molecule has 1 N–H and O–H groups in total. The Labute approximate surface area is 164 Å². The van der Waals surface area contributed by atoms with Crippen molar-refractivity contribution in [1.82, 2.24) is 10.2 Å². The lowest BCUT2D eigenvalue weighted by atomic mass is 9.79. The van der Waals surface area contributed by atoms with Gasteiger partial charge in [-0.25, -0.2) is 4.39 Å². The van der Waals surface area contributed by atoms with Crippen LogP contribution in [-0.4, -0.2) is 42.8 Å².